The predicted molar refractivity (Wildman–Crippen MR) is 79.2 cm³/mol. The van der Waals surface area contributed by atoms with Crippen molar-refractivity contribution in [1.82, 2.24) is 5.32 Å². The van der Waals surface area contributed by atoms with E-state index in [1.54, 1.807) is 6.07 Å². The Morgan fingerprint density at radius 2 is 2.11 bits per heavy atom. The van der Waals surface area contributed by atoms with Crippen LogP contribution in [0.2, 0.25) is 0 Å². The summed E-state index contributed by atoms with van der Waals surface area (Å²) in [5.41, 5.74) is 1.89. The van der Waals surface area contributed by atoms with E-state index in [2.05, 4.69) is 37.1 Å². The SMILES string of the molecule is CCCNC(C)c1c(F)cccc1N(CC)C1CC1. The fraction of sp³-hybridized carbons (Fsp3) is 0.625. The highest BCUT2D eigenvalue weighted by Gasteiger charge is 2.30. The Bertz CT molecular complexity index is 415. The van der Waals surface area contributed by atoms with E-state index < -0.39 is 0 Å². The summed E-state index contributed by atoms with van der Waals surface area (Å²) in [6, 6.07) is 6.13. The lowest BCUT2D eigenvalue weighted by atomic mass is 10.0. The monoisotopic (exact) mass is 264 g/mol. The maximum absolute atomic E-state index is 14.2. The molecule has 0 spiro atoms. The van der Waals surface area contributed by atoms with Crippen LogP contribution in [0.1, 0.15) is 51.6 Å². The van der Waals surface area contributed by atoms with E-state index in [-0.39, 0.29) is 11.9 Å². The zero-order valence-electron chi connectivity index (χ0n) is 12.2. The van der Waals surface area contributed by atoms with Crippen LogP contribution in [0, 0.1) is 5.82 Å². The van der Waals surface area contributed by atoms with Gasteiger partial charge in [-0.2, -0.15) is 0 Å². The summed E-state index contributed by atoms with van der Waals surface area (Å²) >= 11 is 0. The summed E-state index contributed by atoms with van der Waals surface area (Å²) < 4.78 is 14.2. The molecule has 1 unspecified atom stereocenters. The third kappa shape index (κ3) is 3.27. The van der Waals surface area contributed by atoms with E-state index in [0.717, 1.165) is 30.8 Å². The van der Waals surface area contributed by atoms with Gasteiger partial charge in [-0.25, -0.2) is 4.39 Å². The minimum atomic E-state index is -0.0901. The van der Waals surface area contributed by atoms with Crippen LogP contribution in [0.25, 0.3) is 0 Å². The first kappa shape index (κ1) is 14.3. The molecule has 0 saturated heterocycles. The van der Waals surface area contributed by atoms with E-state index in [0.29, 0.717) is 6.04 Å². The second kappa shape index (κ2) is 6.38. The van der Waals surface area contributed by atoms with Gasteiger partial charge in [0.05, 0.1) is 0 Å². The second-order valence-electron chi connectivity index (χ2n) is 5.37. The van der Waals surface area contributed by atoms with Crippen molar-refractivity contribution in [2.24, 2.45) is 0 Å². The number of benzene rings is 1. The maximum Gasteiger partial charge on any atom is 0.130 e. The molecule has 1 aromatic rings. The highest BCUT2D eigenvalue weighted by molar-refractivity contribution is 5.57. The second-order valence-corrected chi connectivity index (χ2v) is 5.37. The minimum Gasteiger partial charge on any atom is -0.368 e. The van der Waals surface area contributed by atoms with E-state index in [4.69, 9.17) is 0 Å². The lowest BCUT2D eigenvalue weighted by Gasteiger charge is -2.28. The summed E-state index contributed by atoms with van der Waals surface area (Å²) in [5, 5.41) is 3.40. The highest BCUT2D eigenvalue weighted by Crippen LogP contribution is 2.36. The van der Waals surface area contributed by atoms with Gasteiger partial charge in [0.15, 0.2) is 0 Å². The molecule has 1 atom stereocenters. The van der Waals surface area contributed by atoms with E-state index in [9.17, 15) is 4.39 Å². The van der Waals surface area contributed by atoms with Crippen LogP contribution in [0.3, 0.4) is 0 Å². The van der Waals surface area contributed by atoms with Gasteiger partial charge in [-0.1, -0.05) is 13.0 Å². The van der Waals surface area contributed by atoms with Crippen molar-refractivity contribution in [3.8, 4) is 0 Å². The molecular weight excluding hydrogens is 239 g/mol. The van der Waals surface area contributed by atoms with Crippen LogP contribution in [0.15, 0.2) is 18.2 Å². The molecule has 0 aliphatic heterocycles. The Hall–Kier alpha value is -1.09. The van der Waals surface area contributed by atoms with Crippen molar-refractivity contribution < 1.29 is 4.39 Å². The first-order chi connectivity index (χ1) is 9.19. The molecule has 0 radical (unpaired) electrons. The van der Waals surface area contributed by atoms with Crippen LogP contribution in [-0.2, 0) is 0 Å². The number of nitrogens with zero attached hydrogens (tertiary/aromatic N) is 1. The molecule has 0 aromatic heterocycles. The van der Waals surface area contributed by atoms with Crippen molar-refractivity contribution >= 4 is 5.69 Å². The van der Waals surface area contributed by atoms with Crippen LogP contribution < -0.4 is 10.2 Å². The Morgan fingerprint density at radius 1 is 1.37 bits per heavy atom. The van der Waals surface area contributed by atoms with Gasteiger partial charge in [-0.15, -0.1) is 0 Å². The predicted octanol–water partition coefficient (Wildman–Crippen LogP) is 3.88. The molecule has 0 bridgehead atoms. The van der Waals surface area contributed by atoms with Crippen LogP contribution in [-0.4, -0.2) is 19.1 Å². The summed E-state index contributed by atoms with van der Waals surface area (Å²) in [6.45, 7) is 8.20. The molecule has 106 valence electrons. The fourth-order valence-electron chi connectivity index (χ4n) is 2.68. The van der Waals surface area contributed by atoms with Gasteiger partial charge >= 0.3 is 0 Å². The molecule has 1 fully saturated rings. The molecule has 0 amide bonds. The number of anilines is 1. The van der Waals surface area contributed by atoms with Gasteiger partial charge in [0.2, 0.25) is 0 Å². The van der Waals surface area contributed by atoms with Crippen molar-refractivity contribution in [3.05, 3.63) is 29.6 Å². The molecule has 3 heteroatoms. The van der Waals surface area contributed by atoms with Gasteiger partial charge in [0, 0.05) is 29.9 Å². The topological polar surface area (TPSA) is 15.3 Å². The number of rotatable bonds is 7. The lowest BCUT2D eigenvalue weighted by Crippen LogP contribution is -2.29. The van der Waals surface area contributed by atoms with Crippen LogP contribution >= 0.6 is 0 Å². The summed E-state index contributed by atoms with van der Waals surface area (Å²) in [5.74, 6) is -0.0901. The number of hydrogen-bond donors (Lipinski definition) is 1. The molecular formula is C16H25FN2. The Kier molecular flexibility index (Phi) is 4.81. The molecule has 1 aromatic carbocycles. The zero-order valence-corrected chi connectivity index (χ0v) is 12.2. The van der Waals surface area contributed by atoms with Crippen LogP contribution in [0.5, 0.6) is 0 Å². The lowest BCUT2D eigenvalue weighted by molar-refractivity contribution is 0.526. The fourth-order valence-corrected chi connectivity index (χ4v) is 2.68. The number of halogens is 1. The Labute approximate surface area is 116 Å². The van der Waals surface area contributed by atoms with Crippen molar-refractivity contribution in [2.45, 2.75) is 52.1 Å². The summed E-state index contributed by atoms with van der Waals surface area (Å²) in [6.07, 6.45) is 3.54. The van der Waals surface area contributed by atoms with Crippen molar-refractivity contribution in [3.63, 3.8) is 0 Å². The quantitative estimate of drug-likeness (QED) is 0.804. The number of nitrogens with one attached hydrogen (secondary N) is 1. The molecule has 1 saturated carbocycles. The molecule has 1 aliphatic rings. The van der Waals surface area contributed by atoms with Gasteiger partial charge in [0.25, 0.3) is 0 Å². The first-order valence-corrected chi connectivity index (χ1v) is 7.47. The summed E-state index contributed by atoms with van der Waals surface area (Å²) in [7, 11) is 0. The molecule has 19 heavy (non-hydrogen) atoms. The van der Waals surface area contributed by atoms with Gasteiger partial charge < -0.3 is 10.2 Å². The first-order valence-electron chi connectivity index (χ1n) is 7.47. The van der Waals surface area contributed by atoms with Crippen molar-refractivity contribution in [1.29, 1.82) is 0 Å². The third-order valence-corrected chi connectivity index (χ3v) is 3.80. The van der Waals surface area contributed by atoms with E-state index in [1.807, 2.05) is 6.07 Å². The van der Waals surface area contributed by atoms with Gasteiger partial charge in [0.1, 0.15) is 5.82 Å². The van der Waals surface area contributed by atoms with Gasteiger partial charge in [-0.3, -0.25) is 0 Å². The molecule has 2 nitrogen and oxygen atoms in total. The Morgan fingerprint density at radius 3 is 2.68 bits per heavy atom. The average molecular weight is 264 g/mol. The average Bonchev–Trinajstić information content (AvgIpc) is 3.21. The third-order valence-electron chi connectivity index (χ3n) is 3.80. The zero-order chi connectivity index (χ0) is 13.8. The highest BCUT2D eigenvalue weighted by atomic mass is 19.1. The maximum atomic E-state index is 14.2. The molecule has 0 heterocycles. The van der Waals surface area contributed by atoms with Crippen LogP contribution in [0.4, 0.5) is 10.1 Å². The van der Waals surface area contributed by atoms with Gasteiger partial charge in [-0.05, 0) is 51.8 Å². The smallest absolute Gasteiger partial charge is 0.130 e. The van der Waals surface area contributed by atoms with Crippen molar-refractivity contribution in [2.75, 3.05) is 18.0 Å². The number of hydrogen-bond acceptors (Lipinski definition) is 2. The normalized spacial score (nSPS) is 16.4. The Balaban J connectivity index is 2.28. The summed E-state index contributed by atoms with van der Waals surface area (Å²) in [4.78, 5) is 2.35. The van der Waals surface area contributed by atoms with E-state index in [1.165, 1.54) is 12.8 Å². The van der Waals surface area contributed by atoms with E-state index >= 15 is 0 Å². The minimum absolute atomic E-state index is 0.0592. The molecule has 1 aliphatic carbocycles. The standard InChI is InChI=1S/C16H25FN2/c1-4-11-18-12(3)16-14(17)7-6-8-15(16)19(5-2)13-9-10-13/h6-8,12-13,18H,4-5,9-11H2,1-3H3. The molecule has 2 rings (SSSR count). The largest absolute Gasteiger partial charge is 0.368 e. The molecule has 1 N–H and O–H groups in total.